The summed E-state index contributed by atoms with van der Waals surface area (Å²) in [5.74, 6) is 0.785. The summed E-state index contributed by atoms with van der Waals surface area (Å²) >= 11 is 0. The molecule has 0 aliphatic rings. The lowest BCUT2D eigenvalue weighted by Gasteiger charge is -2.17. The normalized spacial score (nSPS) is 11.6. The van der Waals surface area contributed by atoms with Crippen molar-refractivity contribution in [3.05, 3.63) is 30.7 Å². The average molecular weight is 320 g/mol. The molecule has 0 N–H and O–H groups in total. The number of hydrogen-bond acceptors (Lipinski definition) is 6. The van der Waals surface area contributed by atoms with Gasteiger partial charge in [-0.05, 0) is 23.3 Å². The summed E-state index contributed by atoms with van der Waals surface area (Å²) in [5.41, 5.74) is 0.540. The van der Waals surface area contributed by atoms with Gasteiger partial charge < -0.3 is 9.26 Å². The Morgan fingerprint density at radius 1 is 0.957 bits per heavy atom. The van der Waals surface area contributed by atoms with E-state index in [1.807, 2.05) is 0 Å². The molecule has 0 bridgehead atoms. The number of hydrogen-bond donors (Lipinski definition) is 0. The lowest BCUT2D eigenvalue weighted by molar-refractivity contribution is 0.229. The quantitative estimate of drug-likeness (QED) is 0.849. The fourth-order valence-corrected chi connectivity index (χ4v) is 1.55. The first-order valence-electron chi connectivity index (χ1n) is 7.81. The van der Waals surface area contributed by atoms with Crippen LogP contribution in [0.4, 0.5) is 0 Å². The van der Waals surface area contributed by atoms with E-state index in [4.69, 9.17) is 4.74 Å². The Kier molecular flexibility index (Phi) is 7.13. The molecular formula is C17H28N4O2. The molecule has 0 aliphatic heterocycles. The zero-order valence-electron chi connectivity index (χ0n) is 15.0. The number of rotatable bonds is 4. The lowest BCUT2D eigenvalue weighted by Crippen LogP contribution is -2.11. The molecule has 2 heterocycles. The van der Waals surface area contributed by atoms with E-state index in [9.17, 15) is 0 Å². The Bertz CT molecular complexity index is 528. The third-order valence-electron chi connectivity index (χ3n) is 2.72. The molecule has 2 rings (SSSR count). The molecule has 6 heteroatoms. The maximum Gasteiger partial charge on any atom is 0.316 e. The average Bonchev–Trinajstić information content (AvgIpc) is 2.90. The van der Waals surface area contributed by atoms with E-state index in [2.05, 4.69) is 66.2 Å². The minimum atomic E-state index is 0.240. The van der Waals surface area contributed by atoms with Crippen molar-refractivity contribution in [2.45, 2.75) is 54.4 Å². The molecule has 0 atom stereocenters. The SMILES string of the molecule is CC(C)(C)CCOc1ncccn1.CC(C)(C)Cc1ncon1. The largest absolute Gasteiger partial charge is 0.463 e. The van der Waals surface area contributed by atoms with Gasteiger partial charge >= 0.3 is 6.01 Å². The molecule has 0 saturated heterocycles. The van der Waals surface area contributed by atoms with E-state index in [1.165, 1.54) is 6.39 Å². The first-order chi connectivity index (χ1) is 10.7. The van der Waals surface area contributed by atoms with Crippen LogP contribution in [0.3, 0.4) is 0 Å². The van der Waals surface area contributed by atoms with Crippen molar-refractivity contribution in [2.24, 2.45) is 10.8 Å². The number of ether oxygens (including phenoxy) is 1. The van der Waals surface area contributed by atoms with E-state index in [-0.39, 0.29) is 5.41 Å². The van der Waals surface area contributed by atoms with Crippen LogP contribution in [0.2, 0.25) is 0 Å². The van der Waals surface area contributed by atoms with Crippen LogP contribution < -0.4 is 4.74 Å². The summed E-state index contributed by atoms with van der Waals surface area (Å²) in [7, 11) is 0. The summed E-state index contributed by atoms with van der Waals surface area (Å²) in [6.07, 6.45) is 6.59. The summed E-state index contributed by atoms with van der Waals surface area (Å²) < 4.78 is 9.96. The van der Waals surface area contributed by atoms with Crippen LogP contribution in [0, 0.1) is 10.8 Å². The van der Waals surface area contributed by atoms with Crippen molar-refractivity contribution in [1.82, 2.24) is 20.1 Å². The molecule has 0 aromatic carbocycles. The fourth-order valence-electron chi connectivity index (χ4n) is 1.55. The monoisotopic (exact) mass is 320 g/mol. The topological polar surface area (TPSA) is 73.9 Å². The molecular weight excluding hydrogens is 292 g/mol. The standard InChI is InChI=1S/C10H16N2O.C7H12N2O/c1-10(2,3)5-8-13-9-11-6-4-7-12-9;1-7(2,3)4-6-8-5-10-9-6/h4,6-7H,5,8H2,1-3H3;5H,4H2,1-3H3. The Labute approximate surface area is 138 Å². The van der Waals surface area contributed by atoms with Gasteiger partial charge in [-0.1, -0.05) is 46.7 Å². The van der Waals surface area contributed by atoms with Gasteiger partial charge in [0.2, 0.25) is 6.39 Å². The highest BCUT2D eigenvalue weighted by Gasteiger charge is 2.13. The van der Waals surface area contributed by atoms with Crippen LogP contribution in [0.5, 0.6) is 6.01 Å². The van der Waals surface area contributed by atoms with Crippen molar-refractivity contribution in [2.75, 3.05) is 6.61 Å². The fraction of sp³-hybridized carbons (Fsp3) is 0.647. The van der Waals surface area contributed by atoms with Crippen molar-refractivity contribution >= 4 is 0 Å². The molecule has 0 fully saturated rings. The molecule has 23 heavy (non-hydrogen) atoms. The highest BCUT2D eigenvalue weighted by Crippen LogP contribution is 2.18. The van der Waals surface area contributed by atoms with Crippen LogP contribution in [0.25, 0.3) is 0 Å². The van der Waals surface area contributed by atoms with Gasteiger partial charge in [0.1, 0.15) is 0 Å². The van der Waals surface area contributed by atoms with Crippen LogP contribution >= 0.6 is 0 Å². The van der Waals surface area contributed by atoms with E-state index in [0.717, 1.165) is 18.7 Å². The molecule has 0 amide bonds. The minimum Gasteiger partial charge on any atom is -0.463 e. The highest BCUT2D eigenvalue weighted by molar-refractivity contribution is 4.93. The summed E-state index contributed by atoms with van der Waals surface area (Å²) in [6.45, 7) is 13.6. The second kappa shape index (κ2) is 8.60. The third-order valence-corrected chi connectivity index (χ3v) is 2.72. The van der Waals surface area contributed by atoms with Gasteiger partial charge in [0.15, 0.2) is 5.82 Å². The molecule has 2 aromatic rings. The summed E-state index contributed by atoms with van der Waals surface area (Å²) in [6, 6.07) is 2.24. The Morgan fingerprint density at radius 2 is 1.61 bits per heavy atom. The summed E-state index contributed by atoms with van der Waals surface area (Å²) in [5, 5.41) is 3.72. The van der Waals surface area contributed by atoms with E-state index >= 15 is 0 Å². The van der Waals surface area contributed by atoms with E-state index < -0.39 is 0 Å². The van der Waals surface area contributed by atoms with Gasteiger partial charge in [0.25, 0.3) is 0 Å². The molecule has 128 valence electrons. The van der Waals surface area contributed by atoms with Crippen molar-refractivity contribution < 1.29 is 9.26 Å². The van der Waals surface area contributed by atoms with Gasteiger partial charge in [0.05, 0.1) is 6.61 Å². The molecule has 0 aliphatic carbocycles. The summed E-state index contributed by atoms with van der Waals surface area (Å²) in [4.78, 5) is 11.9. The zero-order valence-corrected chi connectivity index (χ0v) is 15.0. The third kappa shape index (κ3) is 10.4. The van der Waals surface area contributed by atoms with Gasteiger partial charge in [0, 0.05) is 18.8 Å². The minimum absolute atomic E-state index is 0.240. The number of aromatic nitrogens is 4. The Balaban J connectivity index is 0.000000238. The van der Waals surface area contributed by atoms with Crippen LogP contribution in [-0.2, 0) is 6.42 Å². The first kappa shape index (κ1) is 19.1. The second-order valence-electron chi connectivity index (χ2n) is 7.78. The van der Waals surface area contributed by atoms with Gasteiger partial charge in [-0.2, -0.15) is 4.98 Å². The van der Waals surface area contributed by atoms with Crippen LogP contribution in [0.15, 0.2) is 29.4 Å². The molecule has 2 aromatic heterocycles. The van der Waals surface area contributed by atoms with Crippen molar-refractivity contribution in [1.29, 1.82) is 0 Å². The second-order valence-corrected chi connectivity index (χ2v) is 7.78. The van der Waals surface area contributed by atoms with Gasteiger partial charge in [-0.25, -0.2) is 9.97 Å². The predicted octanol–water partition coefficient (Wildman–Crippen LogP) is 3.95. The smallest absolute Gasteiger partial charge is 0.316 e. The number of nitrogens with zero attached hydrogens (tertiary/aromatic N) is 4. The van der Waals surface area contributed by atoms with Crippen LogP contribution in [-0.4, -0.2) is 26.7 Å². The molecule has 0 spiro atoms. The molecule has 0 unspecified atom stereocenters. The maximum absolute atomic E-state index is 5.36. The lowest BCUT2D eigenvalue weighted by atomic mass is 9.92. The first-order valence-corrected chi connectivity index (χ1v) is 7.81. The zero-order chi connectivity index (χ0) is 17.3. The van der Waals surface area contributed by atoms with Gasteiger partial charge in [-0.15, -0.1) is 0 Å². The van der Waals surface area contributed by atoms with Gasteiger partial charge in [-0.3, -0.25) is 0 Å². The Morgan fingerprint density at radius 3 is 2.09 bits per heavy atom. The van der Waals surface area contributed by atoms with E-state index in [1.54, 1.807) is 18.5 Å². The van der Waals surface area contributed by atoms with Crippen molar-refractivity contribution in [3.63, 3.8) is 0 Å². The molecule has 0 saturated carbocycles. The van der Waals surface area contributed by atoms with Crippen LogP contribution in [0.1, 0.15) is 53.8 Å². The van der Waals surface area contributed by atoms with Crippen molar-refractivity contribution in [3.8, 4) is 6.01 Å². The molecule has 0 radical (unpaired) electrons. The molecule has 6 nitrogen and oxygen atoms in total. The Hall–Kier alpha value is -1.98. The predicted molar refractivity (Wildman–Crippen MR) is 89.1 cm³/mol. The van der Waals surface area contributed by atoms with E-state index in [0.29, 0.717) is 18.0 Å². The maximum atomic E-state index is 5.36. The highest BCUT2D eigenvalue weighted by atomic mass is 16.5.